The summed E-state index contributed by atoms with van der Waals surface area (Å²) >= 11 is 0. The summed E-state index contributed by atoms with van der Waals surface area (Å²) in [5.41, 5.74) is 4.15. The minimum Gasteiger partial charge on any atom is -0.418 e. The van der Waals surface area contributed by atoms with Gasteiger partial charge >= 0.3 is 12.0 Å². The molecule has 0 bridgehead atoms. The average Bonchev–Trinajstić information content (AvgIpc) is 3.28. The lowest BCUT2D eigenvalue weighted by Crippen LogP contribution is -2.29. The molecule has 4 aromatic rings. The third-order valence-corrected chi connectivity index (χ3v) is 5.90. The Morgan fingerprint density at radius 3 is 1.89 bits per heavy atom. The van der Waals surface area contributed by atoms with Crippen molar-refractivity contribution in [1.29, 1.82) is 0 Å². The van der Waals surface area contributed by atoms with E-state index in [1.165, 1.54) is 4.90 Å². The highest BCUT2D eigenvalue weighted by molar-refractivity contribution is 6.11. The summed E-state index contributed by atoms with van der Waals surface area (Å²) in [6.45, 7) is 2.09. The van der Waals surface area contributed by atoms with Crippen molar-refractivity contribution in [1.82, 2.24) is 4.90 Å². The standard InChI is InChI=1S/C31H25N3O4/c1-2-33-29(35)28(37-31(33)32-38-30(36)24-12-6-3-7-13-24)22-23-18-20-27(21-19-23)34(25-14-8-4-9-15-25)26-16-10-5-11-17-26/h3-22H,2H2,1H3/b28-22+,32-31+. The summed E-state index contributed by atoms with van der Waals surface area (Å²) in [6.07, 6.45) is 1.64. The number of rotatable bonds is 7. The number of oxime groups is 1. The average molecular weight is 504 g/mol. The molecule has 7 nitrogen and oxygen atoms in total. The first-order chi connectivity index (χ1) is 18.6. The van der Waals surface area contributed by atoms with E-state index in [2.05, 4.69) is 34.3 Å². The van der Waals surface area contributed by atoms with Crippen molar-refractivity contribution in [2.45, 2.75) is 6.92 Å². The lowest BCUT2D eigenvalue weighted by molar-refractivity contribution is -0.122. The van der Waals surface area contributed by atoms with E-state index in [0.717, 1.165) is 22.6 Å². The van der Waals surface area contributed by atoms with Crippen LogP contribution in [0.1, 0.15) is 22.8 Å². The van der Waals surface area contributed by atoms with E-state index in [0.29, 0.717) is 12.1 Å². The molecular formula is C31H25N3O4. The molecule has 7 heteroatoms. The van der Waals surface area contributed by atoms with E-state index >= 15 is 0 Å². The molecular weight excluding hydrogens is 478 g/mol. The summed E-state index contributed by atoms with van der Waals surface area (Å²) in [5, 5.41) is 3.80. The van der Waals surface area contributed by atoms with E-state index in [1.807, 2.05) is 60.7 Å². The van der Waals surface area contributed by atoms with Gasteiger partial charge in [-0.3, -0.25) is 9.69 Å². The van der Waals surface area contributed by atoms with Crippen molar-refractivity contribution in [2.24, 2.45) is 5.16 Å². The molecule has 0 atom stereocenters. The Balaban J connectivity index is 1.37. The second kappa shape index (κ2) is 11.3. The lowest BCUT2D eigenvalue weighted by Gasteiger charge is -2.25. The first-order valence-electron chi connectivity index (χ1n) is 12.2. The van der Waals surface area contributed by atoms with Crippen LogP contribution in [0.2, 0.25) is 0 Å². The van der Waals surface area contributed by atoms with Crippen LogP contribution >= 0.6 is 0 Å². The van der Waals surface area contributed by atoms with Gasteiger partial charge in [-0.15, -0.1) is 0 Å². The number of amidine groups is 1. The zero-order valence-corrected chi connectivity index (χ0v) is 20.7. The minimum atomic E-state index is -0.639. The predicted molar refractivity (Wildman–Crippen MR) is 147 cm³/mol. The van der Waals surface area contributed by atoms with E-state index in [4.69, 9.17) is 9.57 Å². The summed E-state index contributed by atoms with van der Waals surface area (Å²) in [6, 6.07) is 36.4. The summed E-state index contributed by atoms with van der Waals surface area (Å²) < 4.78 is 5.68. The van der Waals surface area contributed by atoms with Crippen LogP contribution in [-0.2, 0) is 14.4 Å². The topological polar surface area (TPSA) is 71.4 Å². The molecule has 1 amide bonds. The van der Waals surface area contributed by atoms with Crippen molar-refractivity contribution in [2.75, 3.05) is 11.4 Å². The van der Waals surface area contributed by atoms with Crippen LogP contribution in [0.25, 0.3) is 6.08 Å². The van der Waals surface area contributed by atoms with Gasteiger partial charge < -0.3 is 14.5 Å². The molecule has 1 saturated heterocycles. The van der Waals surface area contributed by atoms with E-state index in [-0.39, 0.29) is 17.7 Å². The Bertz CT molecular complexity index is 1430. The molecule has 1 aliphatic heterocycles. The monoisotopic (exact) mass is 503 g/mol. The third kappa shape index (κ3) is 5.32. The molecule has 0 saturated carbocycles. The van der Waals surface area contributed by atoms with Crippen LogP contribution < -0.4 is 4.90 Å². The number of hydrogen-bond acceptors (Lipinski definition) is 6. The van der Waals surface area contributed by atoms with Gasteiger partial charge in [-0.1, -0.05) is 66.7 Å². The number of amides is 1. The summed E-state index contributed by atoms with van der Waals surface area (Å²) in [5.74, 6) is -0.905. The van der Waals surface area contributed by atoms with Crippen LogP contribution in [0.15, 0.2) is 126 Å². The van der Waals surface area contributed by atoms with E-state index in [9.17, 15) is 9.59 Å². The van der Waals surface area contributed by atoms with Gasteiger partial charge in [0.1, 0.15) is 0 Å². The van der Waals surface area contributed by atoms with E-state index < -0.39 is 5.97 Å². The van der Waals surface area contributed by atoms with Crippen LogP contribution in [-0.4, -0.2) is 29.3 Å². The molecule has 0 N–H and O–H groups in total. The van der Waals surface area contributed by atoms with Crippen LogP contribution in [0, 0.1) is 0 Å². The number of para-hydroxylation sites is 2. The Kier molecular flexibility index (Phi) is 7.27. The Labute approximate surface area is 220 Å². The Morgan fingerprint density at radius 1 is 0.816 bits per heavy atom. The van der Waals surface area contributed by atoms with Crippen molar-refractivity contribution in [3.63, 3.8) is 0 Å². The highest BCUT2D eigenvalue weighted by Crippen LogP contribution is 2.34. The van der Waals surface area contributed by atoms with Gasteiger partial charge in [0.25, 0.3) is 5.91 Å². The van der Waals surface area contributed by atoms with Gasteiger partial charge in [0, 0.05) is 23.6 Å². The number of benzene rings is 4. The molecule has 0 aromatic heterocycles. The SMILES string of the molecule is CCN1C(=O)/C(=C\c2ccc(N(c3ccccc3)c3ccccc3)cc2)O/C1=N/OC(=O)c1ccccc1. The molecule has 188 valence electrons. The first kappa shape index (κ1) is 24.5. The fourth-order valence-electron chi connectivity index (χ4n) is 4.03. The first-order valence-corrected chi connectivity index (χ1v) is 12.2. The largest absolute Gasteiger partial charge is 0.418 e. The van der Waals surface area contributed by atoms with Gasteiger partial charge in [-0.25, -0.2) is 4.79 Å². The number of ether oxygens (including phenoxy) is 1. The number of carbonyl (C=O) groups excluding carboxylic acids is 2. The molecule has 0 aliphatic carbocycles. The number of anilines is 3. The van der Waals surface area contributed by atoms with Gasteiger partial charge in [-0.05, 0) is 72.2 Å². The van der Waals surface area contributed by atoms with Gasteiger partial charge in [0.15, 0.2) is 5.76 Å². The van der Waals surface area contributed by atoms with Crippen LogP contribution in [0.3, 0.4) is 0 Å². The van der Waals surface area contributed by atoms with E-state index in [1.54, 1.807) is 43.3 Å². The third-order valence-electron chi connectivity index (χ3n) is 5.90. The Morgan fingerprint density at radius 2 is 1.34 bits per heavy atom. The van der Waals surface area contributed by atoms with Crippen molar-refractivity contribution in [3.05, 3.63) is 132 Å². The number of nitrogens with zero attached hydrogens (tertiary/aromatic N) is 3. The van der Waals surface area contributed by atoms with Crippen molar-refractivity contribution in [3.8, 4) is 0 Å². The fourth-order valence-corrected chi connectivity index (χ4v) is 4.03. The zero-order chi connectivity index (χ0) is 26.3. The van der Waals surface area contributed by atoms with Crippen LogP contribution in [0.4, 0.5) is 17.1 Å². The lowest BCUT2D eigenvalue weighted by atomic mass is 10.1. The number of likely N-dealkylation sites (N-methyl/N-ethyl adjacent to an activating group) is 1. The van der Waals surface area contributed by atoms with Crippen molar-refractivity contribution < 1.29 is 19.2 Å². The molecule has 0 spiro atoms. The summed E-state index contributed by atoms with van der Waals surface area (Å²) in [7, 11) is 0. The maximum atomic E-state index is 12.9. The molecule has 0 unspecified atom stereocenters. The molecule has 5 rings (SSSR count). The molecule has 0 radical (unpaired) electrons. The highest BCUT2D eigenvalue weighted by Gasteiger charge is 2.34. The van der Waals surface area contributed by atoms with Crippen molar-refractivity contribution >= 4 is 41.0 Å². The number of hydrogen-bond donors (Lipinski definition) is 0. The second-order valence-electron chi connectivity index (χ2n) is 8.38. The molecule has 1 fully saturated rings. The second-order valence-corrected chi connectivity index (χ2v) is 8.38. The quantitative estimate of drug-likeness (QED) is 0.163. The summed E-state index contributed by atoms with van der Waals surface area (Å²) in [4.78, 5) is 33.6. The molecule has 4 aromatic carbocycles. The number of carbonyl (C=O) groups is 2. The maximum absolute atomic E-state index is 12.9. The maximum Gasteiger partial charge on any atom is 0.365 e. The van der Waals surface area contributed by atoms with Gasteiger partial charge in [0.2, 0.25) is 0 Å². The fraction of sp³-hybridized carbons (Fsp3) is 0.0645. The van der Waals surface area contributed by atoms with Gasteiger partial charge in [-0.2, -0.15) is 0 Å². The predicted octanol–water partition coefficient (Wildman–Crippen LogP) is 6.50. The zero-order valence-electron chi connectivity index (χ0n) is 20.7. The normalized spacial score (nSPS) is 15.0. The van der Waals surface area contributed by atoms with Gasteiger partial charge in [0.05, 0.1) is 5.56 Å². The minimum absolute atomic E-state index is 0.0796. The smallest absolute Gasteiger partial charge is 0.365 e. The molecule has 1 aliphatic rings. The molecule has 38 heavy (non-hydrogen) atoms. The Hall–Kier alpha value is -5.17. The van der Waals surface area contributed by atoms with Crippen LogP contribution in [0.5, 0.6) is 0 Å². The molecule has 1 heterocycles. The highest BCUT2D eigenvalue weighted by atomic mass is 16.7.